The number of benzene rings is 2. The van der Waals surface area contributed by atoms with E-state index in [1.807, 2.05) is 6.07 Å². The maximum absolute atomic E-state index is 9.80. The molecule has 1 fully saturated rings. The molecule has 116 valence electrons. The highest BCUT2D eigenvalue weighted by molar-refractivity contribution is 8.93. The molecule has 4 heteroatoms. The predicted molar refractivity (Wildman–Crippen MR) is 91.9 cm³/mol. The summed E-state index contributed by atoms with van der Waals surface area (Å²) in [5.41, 5.74) is 3.87. The van der Waals surface area contributed by atoms with E-state index in [9.17, 15) is 10.2 Å². The summed E-state index contributed by atoms with van der Waals surface area (Å²) in [5.74, 6) is 0.178. The number of hydrogen-bond donors (Lipinski definition) is 2. The molecule has 2 aliphatic heterocycles. The molecule has 2 aromatic rings. The Hall–Kier alpha value is -1.52. The van der Waals surface area contributed by atoms with Gasteiger partial charge in [0.1, 0.15) is 0 Å². The van der Waals surface area contributed by atoms with Gasteiger partial charge in [-0.2, -0.15) is 0 Å². The molecule has 2 atom stereocenters. The van der Waals surface area contributed by atoms with Crippen molar-refractivity contribution in [2.24, 2.45) is 0 Å². The van der Waals surface area contributed by atoms with Gasteiger partial charge in [-0.15, -0.1) is 17.0 Å². The first-order chi connectivity index (χ1) is 10.2. The first-order valence-corrected chi connectivity index (χ1v) is 7.59. The Kier molecular flexibility index (Phi) is 4.15. The van der Waals surface area contributed by atoms with Crippen molar-refractivity contribution in [1.82, 2.24) is 4.90 Å². The maximum Gasteiger partial charge on any atom is 0.157 e. The average Bonchev–Trinajstić information content (AvgIpc) is 2.98. The van der Waals surface area contributed by atoms with Crippen LogP contribution in [0, 0.1) is 0 Å². The third-order valence-electron chi connectivity index (χ3n) is 4.91. The van der Waals surface area contributed by atoms with E-state index in [1.54, 1.807) is 12.1 Å². The van der Waals surface area contributed by atoms with Crippen LogP contribution in [0.1, 0.15) is 41.5 Å². The van der Waals surface area contributed by atoms with Gasteiger partial charge in [0.25, 0.3) is 0 Å². The van der Waals surface area contributed by atoms with Crippen molar-refractivity contribution < 1.29 is 10.2 Å². The molecule has 0 radical (unpaired) electrons. The molecule has 0 amide bonds. The van der Waals surface area contributed by atoms with Gasteiger partial charge in [-0.05, 0) is 48.2 Å². The summed E-state index contributed by atoms with van der Waals surface area (Å²) in [7, 11) is 0. The van der Waals surface area contributed by atoms with E-state index in [-0.39, 0.29) is 34.4 Å². The molecule has 2 heterocycles. The fourth-order valence-corrected chi connectivity index (χ4v) is 3.90. The summed E-state index contributed by atoms with van der Waals surface area (Å²) in [6.07, 6.45) is 2.50. The van der Waals surface area contributed by atoms with Crippen LogP contribution in [0.2, 0.25) is 0 Å². The lowest BCUT2D eigenvalue weighted by atomic mass is 9.81. The molecule has 3 nitrogen and oxygen atoms in total. The third-order valence-corrected chi connectivity index (χ3v) is 4.91. The second kappa shape index (κ2) is 5.94. The minimum Gasteiger partial charge on any atom is -0.504 e. The average molecular weight is 362 g/mol. The Bertz CT molecular complexity index is 689. The van der Waals surface area contributed by atoms with Crippen LogP contribution in [-0.4, -0.2) is 28.2 Å². The van der Waals surface area contributed by atoms with Gasteiger partial charge in [-0.25, -0.2) is 0 Å². The zero-order valence-electron chi connectivity index (χ0n) is 12.3. The van der Waals surface area contributed by atoms with Crippen molar-refractivity contribution in [3.05, 3.63) is 59.2 Å². The number of nitrogens with zero attached hydrogens (tertiary/aromatic N) is 1. The first kappa shape index (κ1) is 15.4. The van der Waals surface area contributed by atoms with Crippen LogP contribution < -0.4 is 0 Å². The Morgan fingerprint density at radius 2 is 1.73 bits per heavy atom. The quantitative estimate of drug-likeness (QED) is 0.755. The van der Waals surface area contributed by atoms with E-state index in [4.69, 9.17) is 0 Å². The minimum absolute atomic E-state index is 0. The topological polar surface area (TPSA) is 43.7 Å². The Balaban J connectivity index is 0.00000144. The molecule has 1 saturated heterocycles. The van der Waals surface area contributed by atoms with Crippen LogP contribution in [0.3, 0.4) is 0 Å². The second-order valence-electron chi connectivity index (χ2n) is 6.08. The fourth-order valence-electron chi connectivity index (χ4n) is 3.90. The normalized spacial score (nSPS) is 23.5. The Morgan fingerprint density at radius 1 is 0.955 bits per heavy atom. The summed E-state index contributed by atoms with van der Waals surface area (Å²) in [6, 6.07) is 14.4. The summed E-state index contributed by atoms with van der Waals surface area (Å²) in [5, 5.41) is 19.3. The maximum atomic E-state index is 9.80. The van der Waals surface area contributed by atoms with Crippen LogP contribution in [0.15, 0.2) is 42.5 Å². The summed E-state index contributed by atoms with van der Waals surface area (Å²) >= 11 is 0. The molecule has 2 aliphatic rings. The van der Waals surface area contributed by atoms with Crippen molar-refractivity contribution in [1.29, 1.82) is 0 Å². The summed E-state index contributed by atoms with van der Waals surface area (Å²) in [4.78, 5) is 2.55. The highest BCUT2D eigenvalue weighted by Gasteiger charge is 2.36. The molecular formula is C18H20BrNO2. The number of phenolic OH excluding ortho intramolecular Hbond substituents is 2. The van der Waals surface area contributed by atoms with Crippen LogP contribution in [0.25, 0.3) is 0 Å². The molecular weight excluding hydrogens is 342 g/mol. The lowest BCUT2D eigenvalue weighted by Gasteiger charge is -2.37. The van der Waals surface area contributed by atoms with Gasteiger partial charge in [0, 0.05) is 18.5 Å². The predicted octanol–water partition coefficient (Wildman–Crippen LogP) is 3.96. The molecule has 0 unspecified atom stereocenters. The summed E-state index contributed by atoms with van der Waals surface area (Å²) < 4.78 is 0. The van der Waals surface area contributed by atoms with Gasteiger partial charge in [0.2, 0.25) is 0 Å². The first-order valence-electron chi connectivity index (χ1n) is 7.59. The molecule has 0 saturated carbocycles. The van der Waals surface area contributed by atoms with Gasteiger partial charge in [-0.1, -0.05) is 30.3 Å². The zero-order valence-corrected chi connectivity index (χ0v) is 14.0. The van der Waals surface area contributed by atoms with Crippen molar-refractivity contribution in [3.63, 3.8) is 0 Å². The third kappa shape index (κ3) is 2.40. The van der Waals surface area contributed by atoms with Gasteiger partial charge < -0.3 is 10.2 Å². The number of fused-ring (bicyclic) bond motifs is 3. The SMILES string of the molecule is Br.Oc1ccc([C@@H]2CN3CCC[C@H]3c3ccccc32)cc1O. The smallest absolute Gasteiger partial charge is 0.157 e. The number of hydrogen-bond acceptors (Lipinski definition) is 3. The molecule has 0 aromatic heterocycles. The molecule has 0 aliphatic carbocycles. The van der Waals surface area contributed by atoms with E-state index in [0.29, 0.717) is 6.04 Å². The second-order valence-corrected chi connectivity index (χ2v) is 6.08. The number of rotatable bonds is 1. The van der Waals surface area contributed by atoms with Crippen LogP contribution in [0.5, 0.6) is 11.5 Å². The lowest BCUT2D eigenvalue weighted by molar-refractivity contribution is 0.230. The minimum atomic E-state index is -0.0538. The molecule has 4 rings (SSSR count). The fraction of sp³-hybridized carbons (Fsp3) is 0.333. The molecule has 22 heavy (non-hydrogen) atoms. The Labute approximate surface area is 141 Å². The molecule has 0 spiro atoms. The van der Waals surface area contributed by atoms with E-state index >= 15 is 0 Å². The summed E-state index contributed by atoms with van der Waals surface area (Å²) in [6.45, 7) is 2.14. The largest absolute Gasteiger partial charge is 0.504 e. The van der Waals surface area contributed by atoms with Crippen molar-refractivity contribution >= 4 is 17.0 Å². The number of phenols is 2. The van der Waals surface area contributed by atoms with Gasteiger partial charge in [0.15, 0.2) is 11.5 Å². The van der Waals surface area contributed by atoms with Crippen LogP contribution >= 0.6 is 17.0 Å². The number of aromatic hydroxyl groups is 2. The van der Waals surface area contributed by atoms with Gasteiger partial charge in [-0.3, -0.25) is 4.90 Å². The number of halogens is 1. The molecule has 2 aromatic carbocycles. The van der Waals surface area contributed by atoms with Crippen LogP contribution in [0.4, 0.5) is 0 Å². The van der Waals surface area contributed by atoms with E-state index in [0.717, 1.165) is 18.7 Å². The van der Waals surface area contributed by atoms with Crippen LogP contribution in [-0.2, 0) is 0 Å². The highest BCUT2D eigenvalue weighted by Crippen LogP contribution is 2.44. The van der Waals surface area contributed by atoms with E-state index in [2.05, 4.69) is 29.2 Å². The van der Waals surface area contributed by atoms with Gasteiger partial charge in [0.05, 0.1) is 0 Å². The van der Waals surface area contributed by atoms with E-state index in [1.165, 1.54) is 24.0 Å². The zero-order chi connectivity index (χ0) is 14.4. The van der Waals surface area contributed by atoms with Crippen molar-refractivity contribution in [2.45, 2.75) is 24.8 Å². The standard InChI is InChI=1S/C18H19NO2.BrH/c20-17-8-7-12(10-18(17)21)15-11-19-9-3-6-16(19)14-5-2-1-4-13(14)15;/h1-2,4-5,7-8,10,15-16,20-21H,3,6,9,11H2;1H/t15-,16-;/m0./s1. The highest BCUT2D eigenvalue weighted by atomic mass is 79.9. The van der Waals surface area contributed by atoms with Crippen molar-refractivity contribution in [3.8, 4) is 11.5 Å². The van der Waals surface area contributed by atoms with E-state index < -0.39 is 0 Å². The molecule has 2 N–H and O–H groups in total. The molecule has 0 bridgehead atoms. The van der Waals surface area contributed by atoms with Crippen molar-refractivity contribution in [2.75, 3.05) is 13.1 Å². The monoisotopic (exact) mass is 361 g/mol. The van der Waals surface area contributed by atoms with Gasteiger partial charge >= 0.3 is 0 Å². The Morgan fingerprint density at radius 3 is 2.50 bits per heavy atom. The lowest BCUT2D eigenvalue weighted by Crippen LogP contribution is -2.34.